The Morgan fingerprint density at radius 2 is 1.84 bits per heavy atom. The minimum atomic E-state index is -0.795. The summed E-state index contributed by atoms with van der Waals surface area (Å²) in [6.45, 7) is 7.46. The fourth-order valence-corrected chi connectivity index (χ4v) is 6.08. The molecule has 0 fully saturated rings. The second-order valence-electron chi connectivity index (χ2n) is 10.0. The zero-order valence-electron chi connectivity index (χ0n) is 24.1. The van der Waals surface area contributed by atoms with Crippen LogP contribution in [0.5, 0.6) is 5.75 Å². The van der Waals surface area contributed by atoms with E-state index in [4.69, 9.17) is 21.1 Å². The number of nitrogens with zero attached hydrogens (tertiary/aromatic N) is 2. The number of aryl methyl sites for hydroxylation is 2. The molecular formula is C33H30ClN3O5S. The van der Waals surface area contributed by atoms with Gasteiger partial charge in [0.05, 0.1) is 22.4 Å². The van der Waals surface area contributed by atoms with Gasteiger partial charge >= 0.3 is 5.97 Å². The van der Waals surface area contributed by atoms with Gasteiger partial charge < -0.3 is 14.8 Å². The molecule has 1 aliphatic heterocycles. The van der Waals surface area contributed by atoms with Crippen molar-refractivity contribution in [2.45, 2.75) is 33.7 Å². The van der Waals surface area contributed by atoms with Crippen molar-refractivity contribution in [3.05, 3.63) is 125 Å². The number of fused-ring (bicyclic) bond motifs is 1. The Morgan fingerprint density at radius 1 is 1.05 bits per heavy atom. The van der Waals surface area contributed by atoms with E-state index in [1.54, 1.807) is 56.3 Å². The number of thiazole rings is 1. The van der Waals surface area contributed by atoms with Crippen molar-refractivity contribution < 1.29 is 19.1 Å². The quantitative estimate of drug-likeness (QED) is 0.279. The van der Waals surface area contributed by atoms with E-state index < -0.39 is 12.0 Å². The maximum absolute atomic E-state index is 13.8. The van der Waals surface area contributed by atoms with Crippen LogP contribution in [0.15, 0.2) is 87.8 Å². The van der Waals surface area contributed by atoms with Crippen LogP contribution in [0.1, 0.15) is 42.1 Å². The molecule has 5 rings (SSSR count). The fraction of sp³-hybridized carbons (Fsp3) is 0.212. The maximum Gasteiger partial charge on any atom is 0.338 e. The number of esters is 1. The van der Waals surface area contributed by atoms with Gasteiger partial charge in [-0.15, -0.1) is 0 Å². The number of amides is 1. The normalized spacial score (nSPS) is 14.6. The van der Waals surface area contributed by atoms with Gasteiger partial charge in [-0.3, -0.25) is 14.2 Å². The molecule has 0 saturated carbocycles. The first-order valence-electron chi connectivity index (χ1n) is 13.7. The van der Waals surface area contributed by atoms with Crippen molar-refractivity contribution in [1.29, 1.82) is 0 Å². The van der Waals surface area contributed by atoms with Crippen molar-refractivity contribution in [2.24, 2.45) is 4.99 Å². The van der Waals surface area contributed by atoms with E-state index in [1.807, 2.05) is 44.2 Å². The van der Waals surface area contributed by atoms with Crippen LogP contribution in [0.25, 0.3) is 6.08 Å². The second kappa shape index (κ2) is 12.8. The topological polar surface area (TPSA) is 99.0 Å². The van der Waals surface area contributed by atoms with Gasteiger partial charge in [0.25, 0.3) is 11.5 Å². The summed E-state index contributed by atoms with van der Waals surface area (Å²) >= 11 is 7.78. The number of nitrogens with one attached hydrogen (secondary N) is 1. The van der Waals surface area contributed by atoms with Gasteiger partial charge in [-0.2, -0.15) is 0 Å². The molecule has 0 radical (unpaired) electrons. The lowest BCUT2D eigenvalue weighted by Crippen LogP contribution is -2.40. The molecule has 0 unspecified atom stereocenters. The van der Waals surface area contributed by atoms with Gasteiger partial charge in [0.15, 0.2) is 11.4 Å². The molecule has 1 aliphatic rings. The third-order valence-electron chi connectivity index (χ3n) is 7.03. The predicted octanol–water partition coefficient (Wildman–Crippen LogP) is 5.09. The zero-order valence-corrected chi connectivity index (χ0v) is 25.7. The molecule has 0 spiro atoms. The highest BCUT2D eigenvalue weighted by Gasteiger charge is 2.34. The van der Waals surface area contributed by atoms with Crippen LogP contribution in [0, 0.1) is 13.8 Å². The molecule has 8 nitrogen and oxygen atoms in total. The summed E-state index contributed by atoms with van der Waals surface area (Å²) in [5, 5.41) is 3.26. The molecule has 0 saturated heterocycles. The van der Waals surface area contributed by atoms with Crippen LogP contribution in [-0.2, 0) is 14.3 Å². The number of carbonyl (C=O) groups excluding carboxylic acids is 2. The summed E-state index contributed by atoms with van der Waals surface area (Å²) in [5.74, 6) is -0.352. The lowest BCUT2D eigenvalue weighted by Gasteiger charge is -2.25. The molecule has 3 aromatic carbocycles. The number of hydrogen-bond donors (Lipinski definition) is 1. The van der Waals surface area contributed by atoms with E-state index >= 15 is 0 Å². The van der Waals surface area contributed by atoms with E-state index in [9.17, 15) is 14.4 Å². The summed E-state index contributed by atoms with van der Waals surface area (Å²) < 4.78 is 13.0. The first-order valence-corrected chi connectivity index (χ1v) is 14.9. The molecular weight excluding hydrogens is 586 g/mol. The third kappa shape index (κ3) is 6.48. The van der Waals surface area contributed by atoms with Crippen molar-refractivity contribution >= 4 is 46.6 Å². The number of carbonyl (C=O) groups is 2. The molecule has 0 aliphatic carbocycles. The van der Waals surface area contributed by atoms with Gasteiger partial charge in [0, 0.05) is 10.7 Å². The lowest BCUT2D eigenvalue weighted by molar-refractivity contribution is -0.139. The number of rotatable bonds is 8. The van der Waals surface area contributed by atoms with Crippen LogP contribution in [0.3, 0.4) is 0 Å². The van der Waals surface area contributed by atoms with E-state index in [-0.39, 0.29) is 30.3 Å². The van der Waals surface area contributed by atoms with Gasteiger partial charge in [-0.25, -0.2) is 9.79 Å². The fourth-order valence-electron chi connectivity index (χ4n) is 4.79. The summed E-state index contributed by atoms with van der Waals surface area (Å²) in [6, 6.07) is 19.2. The number of ether oxygens (including phenoxy) is 2. The Morgan fingerprint density at radius 3 is 2.58 bits per heavy atom. The standard InChI is InChI=1S/C33H30ClN3O5S/c1-5-41-32(40)29-21(4)35-33-37(30(29)25-11-6-7-12-26(25)34)31(39)27(43-33)17-22-9-8-10-24(16-22)42-18-28(38)36-23-14-13-19(2)20(3)15-23/h6-17,30H,5,18H2,1-4H3,(H,36,38)/b27-17+/t30-/m0/s1. The number of anilines is 1. The molecule has 1 amide bonds. The number of aromatic nitrogens is 1. The number of halogens is 1. The van der Waals surface area contributed by atoms with E-state index in [1.165, 1.54) is 15.9 Å². The van der Waals surface area contributed by atoms with E-state index in [2.05, 4.69) is 10.3 Å². The molecule has 10 heteroatoms. The van der Waals surface area contributed by atoms with Gasteiger partial charge in [0.1, 0.15) is 11.8 Å². The monoisotopic (exact) mass is 615 g/mol. The highest BCUT2D eigenvalue weighted by atomic mass is 35.5. The molecule has 220 valence electrons. The Bertz CT molecular complexity index is 1940. The Labute approximate surface area is 257 Å². The van der Waals surface area contributed by atoms with Crippen molar-refractivity contribution in [1.82, 2.24) is 4.57 Å². The number of benzene rings is 3. The molecule has 43 heavy (non-hydrogen) atoms. The first-order chi connectivity index (χ1) is 20.7. The highest BCUT2D eigenvalue weighted by Crippen LogP contribution is 2.34. The third-order valence-corrected chi connectivity index (χ3v) is 8.36. The molecule has 4 aromatic rings. The Balaban J connectivity index is 1.44. The van der Waals surface area contributed by atoms with Crippen molar-refractivity contribution in [3.8, 4) is 5.75 Å². The largest absolute Gasteiger partial charge is 0.484 e. The van der Waals surface area contributed by atoms with Crippen LogP contribution >= 0.6 is 22.9 Å². The predicted molar refractivity (Wildman–Crippen MR) is 168 cm³/mol. The minimum Gasteiger partial charge on any atom is -0.484 e. The van der Waals surface area contributed by atoms with Gasteiger partial charge in [0.2, 0.25) is 0 Å². The maximum atomic E-state index is 13.8. The minimum absolute atomic E-state index is 0.174. The van der Waals surface area contributed by atoms with Crippen LogP contribution in [-0.4, -0.2) is 29.7 Å². The Hall–Kier alpha value is -4.47. The average Bonchev–Trinajstić information content (AvgIpc) is 3.27. The SMILES string of the molecule is CCOC(=O)C1=C(C)N=c2s/c(=C/c3cccc(OCC(=O)Nc4ccc(C)c(C)c4)c3)c(=O)n2[C@H]1c1ccccc1Cl. The summed E-state index contributed by atoms with van der Waals surface area (Å²) in [7, 11) is 0. The van der Waals surface area contributed by atoms with Gasteiger partial charge in [-0.05, 0) is 86.4 Å². The Kier molecular flexibility index (Phi) is 8.94. The first kappa shape index (κ1) is 30.0. The average molecular weight is 616 g/mol. The molecule has 1 N–H and O–H groups in total. The zero-order chi connectivity index (χ0) is 30.7. The highest BCUT2D eigenvalue weighted by molar-refractivity contribution is 7.07. The molecule has 1 atom stereocenters. The van der Waals surface area contributed by atoms with E-state index in [0.717, 1.165) is 11.1 Å². The summed E-state index contributed by atoms with van der Waals surface area (Å²) in [6.07, 6.45) is 1.74. The number of hydrogen-bond acceptors (Lipinski definition) is 7. The lowest BCUT2D eigenvalue weighted by atomic mass is 9.96. The van der Waals surface area contributed by atoms with Crippen LogP contribution in [0.2, 0.25) is 5.02 Å². The van der Waals surface area contributed by atoms with Crippen molar-refractivity contribution in [3.63, 3.8) is 0 Å². The molecule has 2 heterocycles. The smallest absolute Gasteiger partial charge is 0.338 e. The van der Waals surface area contributed by atoms with E-state index in [0.29, 0.717) is 42.6 Å². The molecule has 1 aromatic heterocycles. The second-order valence-corrected chi connectivity index (χ2v) is 11.4. The number of allylic oxidation sites excluding steroid dienone is 1. The van der Waals surface area contributed by atoms with Crippen LogP contribution in [0.4, 0.5) is 5.69 Å². The molecule has 0 bridgehead atoms. The van der Waals surface area contributed by atoms with Crippen LogP contribution < -0.4 is 24.9 Å². The summed E-state index contributed by atoms with van der Waals surface area (Å²) in [4.78, 5) is 44.4. The van der Waals surface area contributed by atoms with Gasteiger partial charge in [-0.1, -0.05) is 59.3 Å². The van der Waals surface area contributed by atoms with Crippen molar-refractivity contribution in [2.75, 3.05) is 18.5 Å². The summed E-state index contributed by atoms with van der Waals surface area (Å²) in [5.41, 5.74) is 4.65.